The van der Waals surface area contributed by atoms with E-state index in [2.05, 4.69) is 47.2 Å². The summed E-state index contributed by atoms with van der Waals surface area (Å²) in [7, 11) is 2.21. The minimum absolute atomic E-state index is 0.0747. The van der Waals surface area contributed by atoms with Gasteiger partial charge in [-0.25, -0.2) is 0 Å². The lowest BCUT2D eigenvalue weighted by Gasteiger charge is -2.51. The van der Waals surface area contributed by atoms with Gasteiger partial charge in [-0.3, -0.25) is 9.69 Å². The van der Waals surface area contributed by atoms with E-state index in [1.165, 1.54) is 5.56 Å². The first-order valence-electron chi connectivity index (χ1n) is 10.6. The van der Waals surface area contributed by atoms with Crippen LogP contribution in [0.4, 0.5) is 0 Å². The monoisotopic (exact) mass is 393 g/mol. The minimum Gasteiger partial charge on any atom is -0.484 e. The van der Waals surface area contributed by atoms with Gasteiger partial charge in [0.15, 0.2) is 6.61 Å². The fourth-order valence-electron chi connectivity index (χ4n) is 4.66. The maximum absolute atomic E-state index is 12.6. The molecule has 5 nitrogen and oxygen atoms in total. The number of carbonyl (C=O) groups is 1. The molecule has 0 radical (unpaired) electrons. The van der Waals surface area contributed by atoms with Gasteiger partial charge in [-0.15, -0.1) is 0 Å². The zero-order chi connectivity index (χ0) is 20.1. The molecule has 29 heavy (non-hydrogen) atoms. The van der Waals surface area contributed by atoms with Gasteiger partial charge in [0.25, 0.3) is 5.91 Å². The SMILES string of the molecule is CN1CCC(c2ccccc2)(N2CCN(C(=O)COc3ccccc3)CC2)CC1. The van der Waals surface area contributed by atoms with Crippen molar-refractivity contribution in [1.29, 1.82) is 0 Å². The van der Waals surface area contributed by atoms with Gasteiger partial charge in [-0.1, -0.05) is 48.5 Å². The third kappa shape index (κ3) is 4.46. The van der Waals surface area contributed by atoms with E-state index in [1.807, 2.05) is 35.2 Å². The third-order valence-corrected chi connectivity index (χ3v) is 6.47. The van der Waals surface area contributed by atoms with E-state index in [0.717, 1.165) is 57.9 Å². The molecule has 0 unspecified atom stereocenters. The lowest BCUT2D eigenvalue weighted by Crippen LogP contribution is -2.59. The predicted molar refractivity (Wildman–Crippen MR) is 115 cm³/mol. The molecule has 0 bridgehead atoms. The van der Waals surface area contributed by atoms with Crippen molar-refractivity contribution in [3.8, 4) is 5.75 Å². The standard InChI is InChI=1S/C24H31N3O2/c1-25-14-12-24(13-15-25,21-8-4-2-5-9-21)27-18-16-26(17-19-27)23(28)20-29-22-10-6-3-7-11-22/h2-11H,12-20H2,1H3. The van der Waals surface area contributed by atoms with Crippen LogP contribution in [0.25, 0.3) is 0 Å². The van der Waals surface area contributed by atoms with E-state index >= 15 is 0 Å². The number of likely N-dealkylation sites (tertiary alicyclic amines) is 1. The van der Waals surface area contributed by atoms with Crippen molar-refractivity contribution in [2.24, 2.45) is 0 Å². The van der Waals surface area contributed by atoms with Crippen molar-refractivity contribution in [2.75, 3.05) is 52.9 Å². The maximum Gasteiger partial charge on any atom is 0.260 e. The number of benzene rings is 2. The molecule has 0 aromatic heterocycles. The molecule has 2 aliphatic rings. The highest BCUT2D eigenvalue weighted by atomic mass is 16.5. The lowest BCUT2D eigenvalue weighted by atomic mass is 9.79. The lowest BCUT2D eigenvalue weighted by molar-refractivity contribution is -0.136. The first-order valence-corrected chi connectivity index (χ1v) is 10.6. The van der Waals surface area contributed by atoms with Gasteiger partial charge in [-0.05, 0) is 50.7 Å². The molecule has 5 heteroatoms. The second kappa shape index (κ2) is 8.97. The molecule has 0 atom stereocenters. The second-order valence-electron chi connectivity index (χ2n) is 8.17. The van der Waals surface area contributed by atoms with E-state index in [4.69, 9.17) is 4.74 Å². The van der Waals surface area contributed by atoms with Crippen molar-refractivity contribution in [3.05, 3.63) is 66.2 Å². The van der Waals surface area contributed by atoms with Gasteiger partial charge in [0.05, 0.1) is 0 Å². The van der Waals surface area contributed by atoms with E-state index in [1.54, 1.807) is 0 Å². The Morgan fingerprint density at radius 2 is 1.45 bits per heavy atom. The van der Waals surface area contributed by atoms with E-state index in [0.29, 0.717) is 0 Å². The summed E-state index contributed by atoms with van der Waals surface area (Å²) in [4.78, 5) is 19.6. The topological polar surface area (TPSA) is 36.0 Å². The van der Waals surface area contributed by atoms with Crippen LogP contribution in [-0.4, -0.2) is 73.5 Å². The zero-order valence-electron chi connectivity index (χ0n) is 17.3. The Morgan fingerprint density at radius 3 is 2.07 bits per heavy atom. The van der Waals surface area contributed by atoms with Crippen molar-refractivity contribution < 1.29 is 9.53 Å². The second-order valence-corrected chi connectivity index (χ2v) is 8.17. The quantitative estimate of drug-likeness (QED) is 0.783. The van der Waals surface area contributed by atoms with Gasteiger partial charge >= 0.3 is 0 Å². The normalized spacial score (nSPS) is 20.4. The molecule has 2 aromatic carbocycles. The first-order chi connectivity index (χ1) is 14.2. The number of hydrogen-bond acceptors (Lipinski definition) is 4. The number of amides is 1. The molecule has 2 aliphatic heterocycles. The minimum atomic E-state index is 0.0747. The van der Waals surface area contributed by atoms with Crippen LogP contribution in [-0.2, 0) is 10.3 Å². The highest BCUT2D eigenvalue weighted by molar-refractivity contribution is 5.77. The number of piperazine rings is 1. The third-order valence-electron chi connectivity index (χ3n) is 6.47. The van der Waals surface area contributed by atoms with Crippen LogP contribution in [0.5, 0.6) is 5.75 Å². The molecule has 2 aromatic rings. The Kier molecular flexibility index (Phi) is 6.16. The zero-order valence-corrected chi connectivity index (χ0v) is 17.3. The molecular weight excluding hydrogens is 362 g/mol. The Hall–Kier alpha value is -2.37. The highest BCUT2D eigenvalue weighted by Gasteiger charge is 2.42. The molecule has 0 saturated carbocycles. The predicted octanol–water partition coefficient (Wildman–Crippen LogP) is 2.83. The average Bonchev–Trinajstić information content (AvgIpc) is 2.80. The Balaban J connectivity index is 1.38. The fourth-order valence-corrected chi connectivity index (χ4v) is 4.66. The summed E-state index contributed by atoms with van der Waals surface area (Å²) in [6.07, 6.45) is 2.27. The van der Waals surface area contributed by atoms with Crippen LogP contribution in [0.15, 0.2) is 60.7 Å². The Labute approximate surface area is 173 Å². The summed E-state index contributed by atoms with van der Waals surface area (Å²) < 4.78 is 5.65. The molecule has 2 saturated heterocycles. The first kappa shape index (κ1) is 19.9. The number of carbonyl (C=O) groups excluding carboxylic acids is 1. The van der Waals surface area contributed by atoms with Crippen LogP contribution in [0, 0.1) is 0 Å². The van der Waals surface area contributed by atoms with Crippen LogP contribution >= 0.6 is 0 Å². The summed E-state index contributed by atoms with van der Waals surface area (Å²) >= 11 is 0. The van der Waals surface area contributed by atoms with Gasteiger partial charge < -0.3 is 14.5 Å². The summed E-state index contributed by atoms with van der Waals surface area (Å²) in [5, 5.41) is 0. The summed E-state index contributed by atoms with van der Waals surface area (Å²) in [5.41, 5.74) is 1.50. The van der Waals surface area contributed by atoms with Crippen LogP contribution < -0.4 is 4.74 Å². The summed E-state index contributed by atoms with van der Waals surface area (Å²) in [5.74, 6) is 0.819. The van der Waals surface area contributed by atoms with E-state index in [9.17, 15) is 4.79 Å². The van der Waals surface area contributed by atoms with Gasteiger partial charge in [0, 0.05) is 31.7 Å². The molecule has 0 spiro atoms. The van der Waals surface area contributed by atoms with Crippen LogP contribution in [0.3, 0.4) is 0 Å². The number of nitrogens with zero attached hydrogens (tertiary/aromatic N) is 3. The molecule has 1 amide bonds. The van der Waals surface area contributed by atoms with Crippen molar-refractivity contribution in [3.63, 3.8) is 0 Å². The molecule has 2 heterocycles. The van der Waals surface area contributed by atoms with Crippen LogP contribution in [0.2, 0.25) is 0 Å². The summed E-state index contributed by atoms with van der Waals surface area (Å²) in [6, 6.07) is 20.5. The summed E-state index contributed by atoms with van der Waals surface area (Å²) in [6.45, 7) is 5.69. The van der Waals surface area contributed by atoms with Gasteiger partial charge in [0.2, 0.25) is 0 Å². The van der Waals surface area contributed by atoms with Crippen molar-refractivity contribution in [2.45, 2.75) is 18.4 Å². The van der Waals surface area contributed by atoms with Crippen molar-refractivity contribution >= 4 is 5.91 Å². The fraction of sp³-hybridized carbons (Fsp3) is 0.458. The number of rotatable bonds is 5. The molecule has 4 rings (SSSR count). The van der Waals surface area contributed by atoms with Crippen LogP contribution in [0.1, 0.15) is 18.4 Å². The van der Waals surface area contributed by atoms with E-state index in [-0.39, 0.29) is 18.1 Å². The maximum atomic E-state index is 12.6. The number of hydrogen-bond donors (Lipinski definition) is 0. The molecule has 2 fully saturated rings. The van der Waals surface area contributed by atoms with Gasteiger partial charge in [-0.2, -0.15) is 0 Å². The molecular formula is C24H31N3O2. The molecule has 0 N–H and O–H groups in total. The van der Waals surface area contributed by atoms with Crippen molar-refractivity contribution in [1.82, 2.24) is 14.7 Å². The Bertz CT molecular complexity index is 780. The number of piperidine rings is 1. The molecule has 0 aliphatic carbocycles. The average molecular weight is 394 g/mol. The largest absolute Gasteiger partial charge is 0.484 e. The Morgan fingerprint density at radius 1 is 0.862 bits per heavy atom. The van der Waals surface area contributed by atoms with Gasteiger partial charge in [0.1, 0.15) is 5.75 Å². The number of ether oxygens (including phenoxy) is 1. The van der Waals surface area contributed by atoms with E-state index < -0.39 is 0 Å². The smallest absolute Gasteiger partial charge is 0.260 e. The highest BCUT2D eigenvalue weighted by Crippen LogP contribution is 2.39. The molecule has 154 valence electrons. The number of para-hydroxylation sites is 1.